The molecule has 0 radical (unpaired) electrons. The van der Waals surface area contributed by atoms with Gasteiger partial charge in [0.15, 0.2) is 0 Å². The summed E-state index contributed by atoms with van der Waals surface area (Å²) in [6.45, 7) is 0. The number of sulfone groups is 1. The highest BCUT2D eigenvalue weighted by Gasteiger charge is 2.75. The van der Waals surface area contributed by atoms with Crippen molar-refractivity contribution in [3.05, 3.63) is 56.5 Å². The summed E-state index contributed by atoms with van der Waals surface area (Å²) < 4.78 is 213. The lowest BCUT2D eigenvalue weighted by Gasteiger charge is -2.31. The number of rotatable bonds is 6. The molecule has 0 unspecified atom stereocenters. The van der Waals surface area contributed by atoms with Gasteiger partial charge >= 0.3 is 36.0 Å². The predicted molar refractivity (Wildman–Crippen MR) is 104 cm³/mol. The van der Waals surface area contributed by atoms with Gasteiger partial charge < -0.3 is 0 Å². The molecule has 0 saturated carbocycles. The van der Waals surface area contributed by atoms with E-state index in [0.29, 0.717) is 12.1 Å². The van der Waals surface area contributed by atoms with Crippen LogP contribution in [0.1, 0.15) is 11.1 Å². The van der Waals surface area contributed by atoms with E-state index >= 15 is 0 Å². The van der Waals surface area contributed by atoms with Crippen LogP contribution in [0.2, 0.25) is 0 Å². The summed E-state index contributed by atoms with van der Waals surface area (Å²) in [6, 6.07) is 0.349. The third-order valence-electron chi connectivity index (χ3n) is 4.64. The third kappa shape index (κ3) is 5.06. The van der Waals surface area contributed by atoms with Crippen LogP contribution in [0.15, 0.2) is 55.1 Å². The zero-order chi connectivity index (χ0) is 29.2. The predicted octanol–water partition coefficient (Wildman–Crippen LogP) is 8.62. The van der Waals surface area contributed by atoms with E-state index in [4.69, 9.17) is 0 Å². The van der Waals surface area contributed by atoms with E-state index in [1.54, 1.807) is 0 Å². The van der Waals surface area contributed by atoms with Gasteiger partial charge in [-0.3, -0.25) is 0 Å². The van der Waals surface area contributed by atoms with Crippen LogP contribution in [0.3, 0.4) is 0 Å². The van der Waals surface area contributed by atoms with Crippen molar-refractivity contribution in [3.63, 3.8) is 0 Å². The number of hydrogen-bond acceptors (Lipinski definition) is 2. The Labute approximate surface area is 213 Å². The molecule has 2 aromatic rings. The van der Waals surface area contributed by atoms with Gasteiger partial charge in [-0.05, 0) is 36.4 Å². The maximum absolute atomic E-state index is 14.5. The lowest BCUT2D eigenvalue weighted by atomic mass is 10.0. The summed E-state index contributed by atoms with van der Waals surface area (Å²) >= 11 is 4.86. The Balaban J connectivity index is 2.98. The molecular weight excluding hydrogens is 706 g/mol. The highest BCUT2D eigenvalue weighted by molar-refractivity contribution is 9.10. The average Bonchev–Trinajstić information content (AvgIpc) is 2.71. The molecule has 0 spiro atoms. The molecule has 2 aromatic carbocycles. The van der Waals surface area contributed by atoms with Crippen molar-refractivity contribution in [2.45, 2.75) is 45.8 Å². The molecule has 0 aliphatic carbocycles. The molecule has 208 valence electrons. The number of benzene rings is 2. The zero-order valence-corrected chi connectivity index (χ0v) is 20.7. The lowest BCUT2D eigenvalue weighted by molar-refractivity contribution is -0.360. The van der Waals surface area contributed by atoms with Gasteiger partial charge in [0.25, 0.3) is 0 Å². The minimum absolute atomic E-state index is 0.0546. The molecular formula is C18H6Br2F14O2S. The quantitative estimate of drug-likeness (QED) is 0.282. The lowest BCUT2D eigenvalue weighted by Crippen LogP contribution is -2.51. The minimum Gasteiger partial charge on any atom is -0.218 e. The van der Waals surface area contributed by atoms with E-state index in [2.05, 4.69) is 31.9 Å². The van der Waals surface area contributed by atoms with Crippen molar-refractivity contribution in [2.24, 2.45) is 0 Å². The molecule has 0 bridgehead atoms. The summed E-state index contributed by atoms with van der Waals surface area (Å²) in [4.78, 5) is -4.42. The molecule has 19 heteroatoms. The van der Waals surface area contributed by atoms with Gasteiger partial charge in [0.2, 0.25) is 9.84 Å². The summed E-state index contributed by atoms with van der Waals surface area (Å²) in [5.74, 6) is -26.7. The van der Waals surface area contributed by atoms with E-state index in [-0.39, 0.29) is 24.3 Å². The molecule has 0 N–H and O–H groups in total. The Morgan fingerprint density at radius 3 is 1.03 bits per heavy atom. The maximum atomic E-state index is 14.5. The fourth-order valence-corrected chi connectivity index (χ4v) is 5.18. The van der Waals surface area contributed by atoms with Crippen LogP contribution >= 0.6 is 31.9 Å². The van der Waals surface area contributed by atoms with Crippen LogP contribution < -0.4 is 0 Å². The molecule has 0 saturated heterocycles. The first-order valence-electron chi connectivity index (χ1n) is 8.74. The SMILES string of the molecule is O=S(=O)(c1ccc(Br)cc1C(F)(F)C(F)(F)C(F)(F)F)c1ccc(Br)cc1C(F)(F)C(F)(F)C(F)(F)F. The second-order valence-corrected chi connectivity index (χ2v) is 10.8. The molecule has 0 heterocycles. The highest BCUT2D eigenvalue weighted by Crippen LogP contribution is 2.56. The topological polar surface area (TPSA) is 34.1 Å². The van der Waals surface area contributed by atoms with Crippen LogP contribution in [0.25, 0.3) is 0 Å². The fourth-order valence-electron chi connectivity index (χ4n) is 2.78. The van der Waals surface area contributed by atoms with Crippen molar-refractivity contribution in [3.8, 4) is 0 Å². The van der Waals surface area contributed by atoms with Crippen LogP contribution in [0.5, 0.6) is 0 Å². The highest BCUT2D eigenvalue weighted by atomic mass is 79.9. The van der Waals surface area contributed by atoms with Gasteiger partial charge in [0.1, 0.15) is 0 Å². The minimum atomic E-state index is -6.98. The van der Waals surface area contributed by atoms with E-state index in [1.807, 2.05) is 0 Å². The van der Waals surface area contributed by atoms with Crippen LogP contribution in [0, 0.1) is 0 Å². The van der Waals surface area contributed by atoms with E-state index < -0.39 is 75.7 Å². The fraction of sp³-hybridized carbons (Fsp3) is 0.333. The van der Waals surface area contributed by atoms with Gasteiger partial charge in [-0.1, -0.05) is 31.9 Å². The smallest absolute Gasteiger partial charge is 0.218 e. The van der Waals surface area contributed by atoms with Crippen LogP contribution in [-0.2, 0) is 21.7 Å². The summed E-state index contributed by atoms with van der Waals surface area (Å²) in [6.07, 6.45) is -14.0. The second-order valence-electron chi connectivity index (χ2n) is 7.08. The Kier molecular flexibility index (Phi) is 7.89. The van der Waals surface area contributed by atoms with Gasteiger partial charge in [-0.25, -0.2) is 8.42 Å². The Morgan fingerprint density at radius 2 is 0.784 bits per heavy atom. The standard InChI is InChI=1S/C18H6Br2F14O2S/c19-7-1-3-11(9(5-7)13(21,22)15(25,26)17(29,30)31)37(35,36)12-4-2-8(20)6-10(12)14(23,24)16(27,28)18(32,33)34/h1-6H. The maximum Gasteiger partial charge on any atom is 0.460 e. The molecule has 0 aliphatic heterocycles. The van der Waals surface area contributed by atoms with Crippen molar-refractivity contribution in [2.75, 3.05) is 0 Å². The van der Waals surface area contributed by atoms with Gasteiger partial charge in [-0.2, -0.15) is 61.5 Å². The van der Waals surface area contributed by atoms with E-state index in [1.165, 1.54) is 0 Å². The molecule has 0 amide bonds. The first kappa shape index (κ1) is 31.6. The van der Waals surface area contributed by atoms with Crippen molar-refractivity contribution < 1.29 is 69.9 Å². The van der Waals surface area contributed by atoms with Crippen molar-refractivity contribution in [1.29, 1.82) is 0 Å². The van der Waals surface area contributed by atoms with Gasteiger partial charge in [0.05, 0.1) is 9.79 Å². The van der Waals surface area contributed by atoms with Crippen LogP contribution in [0.4, 0.5) is 61.5 Å². The molecule has 0 fully saturated rings. The number of hydrogen-bond donors (Lipinski definition) is 0. The van der Waals surface area contributed by atoms with E-state index in [0.717, 1.165) is 0 Å². The van der Waals surface area contributed by atoms with Gasteiger partial charge in [-0.15, -0.1) is 0 Å². The second kappa shape index (κ2) is 9.24. The summed E-state index contributed by atoms with van der Waals surface area (Å²) in [5.41, 5.74) is -5.24. The zero-order valence-electron chi connectivity index (χ0n) is 16.7. The molecule has 0 aliphatic rings. The summed E-state index contributed by atoms with van der Waals surface area (Å²) in [7, 11) is -6.21. The number of alkyl halides is 14. The van der Waals surface area contributed by atoms with Crippen molar-refractivity contribution >= 4 is 41.7 Å². The molecule has 0 aromatic heterocycles. The number of halogens is 16. The Bertz CT molecular complexity index is 1210. The third-order valence-corrected chi connectivity index (χ3v) is 7.50. The molecule has 37 heavy (non-hydrogen) atoms. The van der Waals surface area contributed by atoms with Gasteiger partial charge in [0, 0.05) is 20.1 Å². The Morgan fingerprint density at radius 1 is 0.514 bits per heavy atom. The van der Waals surface area contributed by atoms with E-state index in [9.17, 15) is 69.9 Å². The normalized spacial score (nSPS) is 14.7. The first-order valence-corrected chi connectivity index (χ1v) is 11.8. The largest absolute Gasteiger partial charge is 0.460 e. The molecule has 2 nitrogen and oxygen atoms in total. The Hall–Kier alpha value is -1.63. The molecule has 2 rings (SSSR count). The molecule has 0 atom stereocenters. The monoisotopic (exact) mass is 710 g/mol. The average molecular weight is 712 g/mol. The van der Waals surface area contributed by atoms with Crippen LogP contribution in [-0.4, -0.2) is 32.6 Å². The first-order chi connectivity index (χ1) is 16.2. The van der Waals surface area contributed by atoms with Crippen molar-refractivity contribution in [1.82, 2.24) is 0 Å². The summed E-state index contributed by atoms with van der Waals surface area (Å²) in [5, 5.41) is 0.